The largest absolute Gasteiger partial charge is 0.508 e. The van der Waals surface area contributed by atoms with E-state index in [9.17, 15) is 9.90 Å². The van der Waals surface area contributed by atoms with Crippen LogP contribution in [0, 0.1) is 17.8 Å². The number of hydrogen-bond acceptors (Lipinski definition) is 2. The molecule has 0 unspecified atom stereocenters. The molecule has 3 aromatic carbocycles. The van der Waals surface area contributed by atoms with Crippen molar-refractivity contribution in [2.75, 3.05) is 0 Å². The molecule has 2 N–H and O–H groups in total. The fourth-order valence-electron chi connectivity index (χ4n) is 7.26. The summed E-state index contributed by atoms with van der Waals surface area (Å²) in [5, 5.41) is 24.4. The Bertz CT molecular complexity index is 1180. The van der Waals surface area contributed by atoms with Crippen molar-refractivity contribution in [3.05, 3.63) is 59.7 Å². The van der Waals surface area contributed by atoms with Crippen molar-refractivity contribution >= 4 is 33.6 Å². The van der Waals surface area contributed by atoms with Gasteiger partial charge < -0.3 is 10.2 Å². The number of hydrogen-bond donors (Lipinski definition) is 2. The summed E-state index contributed by atoms with van der Waals surface area (Å²) in [7, 11) is 0. The monoisotopic (exact) mass is 398 g/mol. The summed E-state index contributed by atoms with van der Waals surface area (Å²) >= 11 is 0. The average Bonchev–Trinajstić information content (AvgIpc) is 2.70. The van der Waals surface area contributed by atoms with Crippen LogP contribution in [-0.4, -0.2) is 16.2 Å². The third-order valence-electron chi connectivity index (χ3n) is 8.00. The Morgan fingerprint density at radius 3 is 2.13 bits per heavy atom. The molecule has 0 radical (unpaired) electrons. The first-order chi connectivity index (χ1) is 14.5. The first-order valence-electron chi connectivity index (χ1n) is 11.1. The quantitative estimate of drug-likeness (QED) is 0.404. The number of phenolic OH excluding ortho intramolecular Hbond substituents is 1. The second-order valence-electron chi connectivity index (χ2n) is 10.0. The molecule has 30 heavy (non-hydrogen) atoms. The molecule has 4 aliphatic rings. The maximum atomic E-state index is 11.0. The molecule has 4 fully saturated rings. The summed E-state index contributed by atoms with van der Waals surface area (Å²) < 4.78 is 0. The number of carbonyl (C=O) groups is 1. The van der Waals surface area contributed by atoms with E-state index < -0.39 is 5.97 Å². The van der Waals surface area contributed by atoms with E-state index in [0.29, 0.717) is 5.75 Å². The van der Waals surface area contributed by atoms with Crippen LogP contribution in [0.25, 0.3) is 27.6 Å². The van der Waals surface area contributed by atoms with Crippen molar-refractivity contribution in [3.63, 3.8) is 0 Å². The van der Waals surface area contributed by atoms with Gasteiger partial charge in [0.1, 0.15) is 5.75 Å². The van der Waals surface area contributed by atoms with E-state index in [-0.39, 0.29) is 5.41 Å². The minimum Gasteiger partial charge on any atom is -0.508 e. The molecule has 4 aliphatic carbocycles. The number of carboxylic acid groups (broad SMARTS) is 1. The number of aromatic hydroxyl groups is 1. The van der Waals surface area contributed by atoms with E-state index in [1.54, 1.807) is 6.08 Å². The molecular formula is C27H26O3. The van der Waals surface area contributed by atoms with E-state index in [1.807, 2.05) is 18.2 Å². The third-order valence-corrected chi connectivity index (χ3v) is 8.00. The lowest BCUT2D eigenvalue weighted by Gasteiger charge is -2.57. The third kappa shape index (κ3) is 2.75. The molecule has 0 saturated heterocycles. The molecule has 0 heterocycles. The van der Waals surface area contributed by atoms with E-state index >= 15 is 0 Å². The topological polar surface area (TPSA) is 57.5 Å². The number of phenols is 1. The van der Waals surface area contributed by atoms with E-state index in [4.69, 9.17) is 5.11 Å². The first kappa shape index (κ1) is 18.0. The van der Waals surface area contributed by atoms with Crippen LogP contribution in [0.2, 0.25) is 0 Å². The van der Waals surface area contributed by atoms with Crippen LogP contribution in [-0.2, 0) is 10.2 Å². The number of aliphatic carboxylic acids is 1. The van der Waals surface area contributed by atoms with Gasteiger partial charge in [-0.15, -0.1) is 0 Å². The van der Waals surface area contributed by atoms with E-state index in [2.05, 4.69) is 24.3 Å². The van der Waals surface area contributed by atoms with Crippen molar-refractivity contribution in [1.82, 2.24) is 0 Å². The fourth-order valence-corrected chi connectivity index (χ4v) is 7.26. The molecule has 3 aromatic rings. The maximum absolute atomic E-state index is 11.0. The van der Waals surface area contributed by atoms with Crippen LogP contribution in [0.1, 0.15) is 49.7 Å². The highest BCUT2D eigenvalue weighted by Crippen LogP contribution is 2.62. The summed E-state index contributed by atoms with van der Waals surface area (Å²) in [5.74, 6) is 2.03. The van der Waals surface area contributed by atoms with Gasteiger partial charge in [-0.1, -0.05) is 24.3 Å². The zero-order valence-electron chi connectivity index (χ0n) is 17.0. The summed E-state index contributed by atoms with van der Waals surface area (Å²) in [4.78, 5) is 10.8. The lowest BCUT2D eigenvalue weighted by molar-refractivity contribution is -0.131. The molecule has 3 heteroatoms. The van der Waals surface area contributed by atoms with Crippen molar-refractivity contribution < 1.29 is 15.0 Å². The zero-order chi connectivity index (χ0) is 20.5. The van der Waals surface area contributed by atoms with Gasteiger partial charge in [-0.2, -0.15) is 0 Å². The van der Waals surface area contributed by atoms with Crippen molar-refractivity contribution in [1.29, 1.82) is 0 Å². The molecule has 0 spiro atoms. The molecule has 0 amide bonds. The van der Waals surface area contributed by atoms with Gasteiger partial charge >= 0.3 is 5.97 Å². The van der Waals surface area contributed by atoms with Gasteiger partial charge in [-0.05, 0) is 113 Å². The number of carboxylic acids is 1. The van der Waals surface area contributed by atoms with Crippen LogP contribution in [0.4, 0.5) is 0 Å². The Morgan fingerprint density at radius 1 is 0.867 bits per heavy atom. The fraction of sp³-hybridized carbons (Fsp3) is 0.370. The molecule has 0 aliphatic heterocycles. The first-order valence-corrected chi connectivity index (χ1v) is 11.1. The van der Waals surface area contributed by atoms with Crippen LogP contribution in [0.15, 0.2) is 48.5 Å². The molecule has 4 saturated carbocycles. The van der Waals surface area contributed by atoms with Crippen molar-refractivity contribution in [2.24, 2.45) is 17.8 Å². The van der Waals surface area contributed by atoms with Gasteiger partial charge in [0.25, 0.3) is 0 Å². The highest BCUT2D eigenvalue weighted by molar-refractivity contribution is 6.08. The van der Waals surface area contributed by atoms with Gasteiger partial charge in [0.15, 0.2) is 0 Å². The van der Waals surface area contributed by atoms with E-state index in [1.165, 1.54) is 50.0 Å². The minimum atomic E-state index is -0.940. The Hall–Kier alpha value is -2.81. The molecule has 7 rings (SSSR count). The van der Waals surface area contributed by atoms with Gasteiger partial charge in [0.05, 0.1) is 0 Å². The number of benzene rings is 3. The Kier molecular flexibility index (Phi) is 3.80. The Morgan fingerprint density at radius 2 is 1.50 bits per heavy atom. The Balaban J connectivity index is 1.50. The number of rotatable bonds is 3. The lowest BCUT2D eigenvalue weighted by atomic mass is 9.48. The van der Waals surface area contributed by atoms with Gasteiger partial charge in [0, 0.05) is 11.6 Å². The van der Waals surface area contributed by atoms with Crippen LogP contribution < -0.4 is 0 Å². The summed E-state index contributed by atoms with van der Waals surface area (Å²) in [6.07, 6.45) is 10.7. The minimum absolute atomic E-state index is 0.152. The van der Waals surface area contributed by atoms with Crippen molar-refractivity contribution in [3.8, 4) is 5.75 Å². The number of fused-ring (bicyclic) bond motifs is 3. The molecule has 3 nitrogen and oxygen atoms in total. The highest BCUT2D eigenvalue weighted by atomic mass is 16.4. The van der Waals surface area contributed by atoms with Gasteiger partial charge in [-0.3, -0.25) is 0 Å². The van der Waals surface area contributed by atoms with Gasteiger partial charge in [0.2, 0.25) is 0 Å². The molecule has 0 atom stereocenters. The summed E-state index contributed by atoms with van der Waals surface area (Å²) in [6.45, 7) is 0. The Labute approximate surface area is 176 Å². The predicted octanol–water partition coefficient (Wildman–Crippen LogP) is 6.26. The maximum Gasteiger partial charge on any atom is 0.328 e. The molecule has 4 bridgehead atoms. The second-order valence-corrected chi connectivity index (χ2v) is 10.0. The summed E-state index contributed by atoms with van der Waals surface area (Å²) in [6, 6.07) is 14.4. The molecular weight excluding hydrogens is 372 g/mol. The zero-order valence-corrected chi connectivity index (χ0v) is 17.0. The lowest BCUT2D eigenvalue weighted by Crippen LogP contribution is -2.48. The average molecular weight is 399 g/mol. The van der Waals surface area contributed by atoms with Crippen LogP contribution in [0.5, 0.6) is 5.75 Å². The molecule has 0 aromatic heterocycles. The van der Waals surface area contributed by atoms with E-state index in [0.717, 1.165) is 45.0 Å². The normalized spacial score (nSPS) is 29.9. The van der Waals surface area contributed by atoms with Crippen LogP contribution in [0.3, 0.4) is 0 Å². The second kappa shape index (κ2) is 6.34. The SMILES string of the molecule is O=C(O)/C=C/c1ccc2c(ccc3cc(O)c(C45CC6CC(CC(C6)C4)C5)cc32)c1. The highest BCUT2D eigenvalue weighted by Gasteiger charge is 2.52. The van der Waals surface area contributed by atoms with Crippen LogP contribution >= 0.6 is 0 Å². The molecule has 152 valence electrons. The van der Waals surface area contributed by atoms with Crippen molar-refractivity contribution in [2.45, 2.75) is 43.9 Å². The summed E-state index contributed by atoms with van der Waals surface area (Å²) in [5.41, 5.74) is 2.19. The smallest absolute Gasteiger partial charge is 0.328 e. The standard InChI is InChI=1S/C27H26O3/c28-25-11-21-4-3-20-10-16(2-6-26(29)30)1-5-22(20)23(21)12-24(25)27-13-17-7-18(14-27)9-19(8-17)15-27/h1-6,10-12,17-19,28H,7-9,13-15H2,(H,29,30)/b6-2+. The van der Waals surface area contributed by atoms with Gasteiger partial charge in [-0.25, -0.2) is 4.79 Å². The predicted molar refractivity (Wildman–Crippen MR) is 120 cm³/mol.